The van der Waals surface area contributed by atoms with E-state index in [1.54, 1.807) is 4.90 Å². The predicted molar refractivity (Wildman–Crippen MR) is 86.9 cm³/mol. The Bertz CT molecular complexity index is 509. The number of ether oxygens (including phenoxy) is 1. The number of halogens is 3. The monoisotopic (exact) mass is 348 g/mol. The van der Waals surface area contributed by atoms with Gasteiger partial charge in [0.05, 0.1) is 0 Å². The Hall–Kier alpha value is -1.40. The van der Waals surface area contributed by atoms with Gasteiger partial charge in [0.1, 0.15) is 5.82 Å². The molecule has 1 N–H and O–H groups in total. The summed E-state index contributed by atoms with van der Waals surface area (Å²) in [6, 6.07) is 3.05. The van der Waals surface area contributed by atoms with Crippen molar-refractivity contribution in [1.29, 1.82) is 0 Å². The molecule has 7 heteroatoms. The third-order valence-corrected chi connectivity index (χ3v) is 4.01. The van der Waals surface area contributed by atoms with Gasteiger partial charge in [0.15, 0.2) is 18.2 Å². The molecule has 0 unspecified atom stereocenters. The maximum absolute atomic E-state index is 13.4. The lowest BCUT2D eigenvalue weighted by Gasteiger charge is -2.32. The molecule has 130 valence electrons. The molecule has 1 saturated heterocycles. The lowest BCUT2D eigenvalue weighted by Crippen LogP contribution is -2.41. The zero-order valence-corrected chi connectivity index (χ0v) is 14.0. The second kappa shape index (κ2) is 9.67. The van der Waals surface area contributed by atoms with E-state index in [0.29, 0.717) is 19.0 Å². The van der Waals surface area contributed by atoms with E-state index in [1.165, 1.54) is 6.07 Å². The van der Waals surface area contributed by atoms with Gasteiger partial charge < -0.3 is 15.0 Å². The molecule has 23 heavy (non-hydrogen) atoms. The van der Waals surface area contributed by atoms with E-state index in [2.05, 4.69) is 5.32 Å². The van der Waals surface area contributed by atoms with Crippen LogP contribution in [-0.2, 0) is 4.79 Å². The molecule has 1 aromatic carbocycles. The number of benzene rings is 1. The second-order valence-corrected chi connectivity index (χ2v) is 5.58. The van der Waals surface area contributed by atoms with Crippen LogP contribution in [0.4, 0.5) is 8.78 Å². The number of hydrogen-bond donors (Lipinski definition) is 1. The minimum absolute atomic E-state index is 0. The van der Waals surface area contributed by atoms with Crippen molar-refractivity contribution in [2.45, 2.75) is 19.3 Å². The highest BCUT2D eigenvalue weighted by atomic mass is 35.5. The van der Waals surface area contributed by atoms with Crippen LogP contribution in [0, 0.1) is 17.6 Å². The van der Waals surface area contributed by atoms with Crippen LogP contribution >= 0.6 is 12.4 Å². The molecule has 1 amide bonds. The molecule has 0 saturated carbocycles. The second-order valence-electron chi connectivity index (χ2n) is 5.58. The van der Waals surface area contributed by atoms with Crippen LogP contribution in [0.25, 0.3) is 0 Å². The number of carbonyl (C=O) groups is 1. The van der Waals surface area contributed by atoms with E-state index in [4.69, 9.17) is 4.74 Å². The Kier molecular flexibility index (Phi) is 8.26. The van der Waals surface area contributed by atoms with Crippen molar-refractivity contribution >= 4 is 18.3 Å². The summed E-state index contributed by atoms with van der Waals surface area (Å²) in [4.78, 5) is 13.8. The van der Waals surface area contributed by atoms with E-state index in [9.17, 15) is 13.6 Å². The van der Waals surface area contributed by atoms with Gasteiger partial charge in [-0.25, -0.2) is 8.78 Å². The van der Waals surface area contributed by atoms with E-state index >= 15 is 0 Å². The SMILES string of the molecule is CNCCC1CCN(C(=O)COc2ccc(F)cc2F)CC1.Cl. The average molecular weight is 349 g/mol. The highest BCUT2D eigenvalue weighted by Gasteiger charge is 2.22. The maximum atomic E-state index is 13.4. The van der Waals surface area contributed by atoms with Gasteiger partial charge in [0.25, 0.3) is 5.91 Å². The lowest BCUT2D eigenvalue weighted by molar-refractivity contribution is -0.134. The Balaban J connectivity index is 0.00000264. The van der Waals surface area contributed by atoms with E-state index < -0.39 is 11.6 Å². The van der Waals surface area contributed by atoms with Crippen LogP contribution < -0.4 is 10.1 Å². The molecule has 2 rings (SSSR count). The van der Waals surface area contributed by atoms with Gasteiger partial charge in [-0.15, -0.1) is 12.4 Å². The fourth-order valence-electron chi connectivity index (χ4n) is 2.64. The molecule has 1 aromatic rings. The Morgan fingerprint density at radius 2 is 2.04 bits per heavy atom. The first kappa shape index (κ1) is 19.6. The van der Waals surface area contributed by atoms with E-state index in [0.717, 1.165) is 37.9 Å². The number of carbonyl (C=O) groups excluding carboxylic acids is 1. The Labute approximate surface area is 141 Å². The summed E-state index contributed by atoms with van der Waals surface area (Å²) in [6.07, 6.45) is 3.09. The van der Waals surface area contributed by atoms with Crippen LogP contribution in [-0.4, -0.2) is 44.1 Å². The number of rotatable bonds is 6. The number of nitrogens with one attached hydrogen (secondary N) is 1. The first-order chi connectivity index (χ1) is 10.6. The van der Waals surface area contributed by atoms with Crippen LogP contribution in [0.2, 0.25) is 0 Å². The average Bonchev–Trinajstić information content (AvgIpc) is 2.52. The summed E-state index contributed by atoms with van der Waals surface area (Å²) in [5.41, 5.74) is 0. The molecule has 0 aromatic heterocycles. The van der Waals surface area contributed by atoms with Crippen molar-refractivity contribution in [2.75, 3.05) is 33.3 Å². The molecule has 1 heterocycles. The summed E-state index contributed by atoms with van der Waals surface area (Å²) in [5.74, 6) is -1.07. The van der Waals surface area contributed by atoms with Crippen molar-refractivity contribution in [3.63, 3.8) is 0 Å². The number of hydrogen-bond acceptors (Lipinski definition) is 3. The van der Waals surface area contributed by atoms with Crippen molar-refractivity contribution in [3.8, 4) is 5.75 Å². The number of piperidine rings is 1. The van der Waals surface area contributed by atoms with Gasteiger partial charge >= 0.3 is 0 Å². The third kappa shape index (κ3) is 5.95. The highest BCUT2D eigenvalue weighted by Crippen LogP contribution is 2.21. The highest BCUT2D eigenvalue weighted by molar-refractivity contribution is 5.85. The first-order valence-corrected chi connectivity index (χ1v) is 7.60. The smallest absolute Gasteiger partial charge is 0.260 e. The molecule has 1 fully saturated rings. The van der Waals surface area contributed by atoms with Crippen LogP contribution in [0.15, 0.2) is 18.2 Å². The topological polar surface area (TPSA) is 41.6 Å². The van der Waals surface area contributed by atoms with Crippen molar-refractivity contribution < 1.29 is 18.3 Å². The standard InChI is InChI=1S/C16H22F2N2O2.ClH/c1-19-7-4-12-5-8-20(9-6-12)16(21)11-22-15-3-2-13(17)10-14(15)18;/h2-3,10,12,19H,4-9,11H2,1H3;1H. The van der Waals surface area contributed by atoms with Gasteiger partial charge in [-0.2, -0.15) is 0 Å². The molecule has 0 bridgehead atoms. The molecule has 0 spiro atoms. The van der Waals surface area contributed by atoms with Crippen molar-refractivity contribution in [1.82, 2.24) is 10.2 Å². The van der Waals surface area contributed by atoms with Gasteiger partial charge in [0, 0.05) is 19.2 Å². The molecule has 0 atom stereocenters. The Morgan fingerprint density at radius 3 is 2.65 bits per heavy atom. The van der Waals surface area contributed by atoms with Gasteiger partial charge in [-0.3, -0.25) is 4.79 Å². The van der Waals surface area contributed by atoms with E-state index in [1.807, 2.05) is 7.05 Å². The van der Waals surface area contributed by atoms with Gasteiger partial charge in [0.2, 0.25) is 0 Å². The molecule has 1 aliphatic heterocycles. The molecule has 4 nitrogen and oxygen atoms in total. The van der Waals surface area contributed by atoms with Crippen LogP contribution in [0.1, 0.15) is 19.3 Å². The maximum Gasteiger partial charge on any atom is 0.260 e. The minimum atomic E-state index is -0.793. The molecular formula is C16H23ClF2N2O2. The largest absolute Gasteiger partial charge is 0.481 e. The van der Waals surface area contributed by atoms with Crippen LogP contribution in [0.3, 0.4) is 0 Å². The van der Waals surface area contributed by atoms with E-state index in [-0.39, 0.29) is 30.7 Å². The zero-order chi connectivity index (χ0) is 15.9. The van der Waals surface area contributed by atoms with Crippen molar-refractivity contribution in [3.05, 3.63) is 29.8 Å². The summed E-state index contributed by atoms with van der Waals surface area (Å²) >= 11 is 0. The quantitative estimate of drug-likeness (QED) is 0.859. The summed E-state index contributed by atoms with van der Waals surface area (Å²) in [5, 5.41) is 3.13. The predicted octanol–water partition coefficient (Wildman–Crippen LogP) is 2.61. The molecule has 1 aliphatic rings. The normalized spacial score (nSPS) is 15.2. The number of likely N-dealkylation sites (tertiary alicyclic amines) is 1. The van der Waals surface area contributed by atoms with Crippen LogP contribution in [0.5, 0.6) is 5.75 Å². The summed E-state index contributed by atoms with van der Waals surface area (Å²) < 4.78 is 31.4. The fraction of sp³-hybridized carbons (Fsp3) is 0.562. The molecule has 0 aliphatic carbocycles. The fourth-order valence-corrected chi connectivity index (χ4v) is 2.64. The lowest BCUT2D eigenvalue weighted by atomic mass is 9.93. The summed E-state index contributed by atoms with van der Waals surface area (Å²) in [7, 11) is 1.94. The van der Waals surface area contributed by atoms with Gasteiger partial charge in [-0.1, -0.05) is 0 Å². The molecule has 0 radical (unpaired) electrons. The Morgan fingerprint density at radius 1 is 1.35 bits per heavy atom. The zero-order valence-electron chi connectivity index (χ0n) is 13.2. The first-order valence-electron chi connectivity index (χ1n) is 7.60. The van der Waals surface area contributed by atoms with Crippen molar-refractivity contribution in [2.24, 2.45) is 5.92 Å². The van der Waals surface area contributed by atoms with Gasteiger partial charge in [-0.05, 0) is 50.9 Å². The molecular weight excluding hydrogens is 326 g/mol. The third-order valence-electron chi connectivity index (χ3n) is 4.01. The number of nitrogens with zero attached hydrogens (tertiary/aromatic N) is 1. The minimum Gasteiger partial charge on any atom is -0.481 e. The summed E-state index contributed by atoms with van der Waals surface area (Å²) in [6.45, 7) is 2.19. The number of amides is 1.